The van der Waals surface area contributed by atoms with Crippen molar-refractivity contribution in [1.82, 2.24) is 9.78 Å². The van der Waals surface area contributed by atoms with E-state index in [1.54, 1.807) is 11.8 Å². The molecule has 0 spiro atoms. The van der Waals surface area contributed by atoms with E-state index < -0.39 is 0 Å². The van der Waals surface area contributed by atoms with E-state index in [1.165, 1.54) is 24.0 Å². The molecule has 1 aromatic carbocycles. The standard InChI is InChI=1S/C19H25N3OS/c1-13-6-4-5-7-17(13)11-24-12-18(23)21-19-14(2)10-20-22(19)15(3)16-8-9-16/h4-7,10,15-16H,8-9,11-12H2,1-3H3,(H,21,23)/t15-/m1/s1. The Balaban J connectivity index is 1.55. The second-order valence-electron chi connectivity index (χ2n) is 6.67. The van der Waals surface area contributed by atoms with Crippen LogP contribution in [0.25, 0.3) is 0 Å². The van der Waals surface area contributed by atoms with E-state index in [1.807, 2.05) is 29.9 Å². The molecule has 2 aromatic rings. The van der Waals surface area contributed by atoms with Crippen molar-refractivity contribution in [2.24, 2.45) is 5.92 Å². The fourth-order valence-electron chi connectivity index (χ4n) is 2.89. The molecule has 0 radical (unpaired) electrons. The third-order valence-electron chi connectivity index (χ3n) is 4.68. The number of nitrogens with zero attached hydrogens (tertiary/aromatic N) is 2. The van der Waals surface area contributed by atoms with Gasteiger partial charge in [0, 0.05) is 11.3 Å². The topological polar surface area (TPSA) is 46.9 Å². The summed E-state index contributed by atoms with van der Waals surface area (Å²) in [5.41, 5.74) is 3.59. The molecule has 1 aromatic heterocycles. The molecule has 1 heterocycles. The van der Waals surface area contributed by atoms with E-state index >= 15 is 0 Å². The maximum absolute atomic E-state index is 12.3. The van der Waals surface area contributed by atoms with E-state index in [0.29, 0.717) is 17.7 Å². The maximum Gasteiger partial charge on any atom is 0.235 e. The Bertz CT molecular complexity index is 721. The van der Waals surface area contributed by atoms with E-state index in [0.717, 1.165) is 17.1 Å². The first-order chi connectivity index (χ1) is 11.6. The second-order valence-corrected chi connectivity index (χ2v) is 7.65. The molecule has 5 heteroatoms. The molecular weight excluding hydrogens is 318 g/mol. The van der Waals surface area contributed by atoms with Crippen molar-refractivity contribution in [1.29, 1.82) is 0 Å². The van der Waals surface area contributed by atoms with Crippen LogP contribution in [0.3, 0.4) is 0 Å². The molecule has 24 heavy (non-hydrogen) atoms. The molecule has 1 fully saturated rings. The number of carbonyl (C=O) groups is 1. The Hall–Kier alpha value is -1.75. The van der Waals surface area contributed by atoms with Crippen molar-refractivity contribution in [3.05, 3.63) is 47.2 Å². The zero-order valence-electron chi connectivity index (χ0n) is 14.6. The minimum atomic E-state index is 0.0430. The van der Waals surface area contributed by atoms with Crippen molar-refractivity contribution in [2.45, 2.75) is 45.4 Å². The van der Waals surface area contributed by atoms with Gasteiger partial charge in [-0.15, -0.1) is 11.8 Å². The molecule has 1 aliphatic carbocycles. The Morgan fingerprint density at radius 1 is 1.33 bits per heavy atom. The highest BCUT2D eigenvalue weighted by molar-refractivity contribution is 7.99. The number of rotatable bonds is 7. The highest BCUT2D eigenvalue weighted by Gasteiger charge is 2.31. The van der Waals surface area contributed by atoms with Gasteiger partial charge in [-0.25, -0.2) is 4.68 Å². The number of hydrogen-bond acceptors (Lipinski definition) is 3. The van der Waals surface area contributed by atoms with Crippen molar-refractivity contribution >= 4 is 23.5 Å². The molecule has 1 aliphatic rings. The van der Waals surface area contributed by atoms with Crippen LogP contribution < -0.4 is 5.32 Å². The fraction of sp³-hybridized carbons (Fsp3) is 0.474. The molecule has 0 aliphatic heterocycles. The first-order valence-electron chi connectivity index (χ1n) is 8.52. The van der Waals surface area contributed by atoms with Gasteiger partial charge in [0.2, 0.25) is 5.91 Å². The molecule has 1 amide bonds. The molecule has 128 valence electrons. The van der Waals surface area contributed by atoms with Crippen molar-refractivity contribution in [3.8, 4) is 0 Å². The van der Waals surface area contributed by atoms with Gasteiger partial charge in [0.05, 0.1) is 18.0 Å². The van der Waals surface area contributed by atoms with Gasteiger partial charge in [0.1, 0.15) is 5.82 Å². The molecule has 1 saturated carbocycles. The molecule has 3 rings (SSSR count). The van der Waals surface area contributed by atoms with E-state index in [-0.39, 0.29) is 5.91 Å². The summed E-state index contributed by atoms with van der Waals surface area (Å²) in [6.07, 6.45) is 4.37. The summed E-state index contributed by atoms with van der Waals surface area (Å²) in [7, 11) is 0. The predicted octanol–water partition coefficient (Wildman–Crippen LogP) is 4.34. The van der Waals surface area contributed by atoms with Crippen molar-refractivity contribution in [2.75, 3.05) is 11.1 Å². The Morgan fingerprint density at radius 2 is 2.08 bits per heavy atom. The Kier molecular flexibility index (Phi) is 5.29. The van der Waals surface area contributed by atoms with Gasteiger partial charge in [-0.3, -0.25) is 4.79 Å². The maximum atomic E-state index is 12.3. The van der Waals surface area contributed by atoms with Gasteiger partial charge >= 0.3 is 0 Å². The second kappa shape index (κ2) is 7.43. The van der Waals surface area contributed by atoms with Crippen LogP contribution in [-0.2, 0) is 10.5 Å². The van der Waals surface area contributed by atoms with Gasteiger partial charge in [-0.05, 0) is 50.7 Å². The zero-order valence-corrected chi connectivity index (χ0v) is 15.4. The monoisotopic (exact) mass is 343 g/mol. The average Bonchev–Trinajstić information content (AvgIpc) is 3.35. The predicted molar refractivity (Wildman–Crippen MR) is 100 cm³/mol. The molecular formula is C19H25N3OS. The number of thioether (sulfide) groups is 1. The molecule has 0 saturated heterocycles. The van der Waals surface area contributed by atoms with Crippen molar-refractivity contribution < 1.29 is 4.79 Å². The van der Waals surface area contributed by atoms with Crippen LogP contribution in [0.5, 0.6) is 0 Å². The largest absolute Gasteiger partial charge is 0.310 e. The fourth-order valence-corrected chi connectivity index (χ4v) is 3.79. The van der Waals surface area contributed by atoms with E-state index in [9.17, 15) is 4.79 Å². The first-order valence-corrected chi connectivity index (χ1v) is 9.68. The average molecular weight is 343 g/mol. The number of aromatic nitrogens is 2. The molecule has 0 bridgehead atoms. The summed E-state index contributed by atoms with van der Waals surface area (Å²) >= 11 is 1.65. The number of aryl methyl sites for hydroxylation is 2. The summed E-state index contributed by atoms with van der Waals surface area (Å²) in [4.78, 5) is 12.3. The van der Waals surface area contributed by atoms with Crippen LogP contribution in [0.1, 0.15) is 42.5 Å². The number of nitrogens with one attached hydrogen (secondary N) is 1. The van der Waals surface area contributed by atoms with Crippen LogP contribution in [0, 0.1) is 19.8 Å². The smallest absolute Gasteiger partial charge is 0.235 e. The summed E-state index contributed by atoms with van der Waals surface area (Å²) in [6, 6.07) is 8.67. The highest BCUT2D eigenvalue weighted by atomic mass is 32.2. The number of benzene rings is 1. The van der Waals surface area contributed by atoms with E-state index in [4.69, 9.17) is 0 Å². The summed E-state index contributed by atoms with van der Waals surface area (Å²) < 4.78 is 1.98. The third-order valence-corrected chi connectivity index (χ3v) is 5.66. The molecule has 4 nitrogen and oxygen atoms in total. The van der Waals surface area contributed by atoms with Crippen LogP contribution >= 0.6 is 11.8 Å². The summed E-state index contributed by atoms with van der Waals surface area (Å²) in [6.45, 7) is 6.29. The lowest BCUT2D eigenvalue weighted by atomic mass is 10.1. The number of amides is 1. The minimum absolute atomic E-state index is 0.0430. The Labute approximate surface area is 148 Å². The molecule has 0 unspecified atom stereocenters. The van der Waals surface area contributed by atoms with Crippen LogP contribution in [0.4, 0.5) is 5.82 Å². The van der Waals surface area contributed by atoms with Crippen molar-refractivity contribution in [3.63, 3.8) is 0 Å². The van der Waals surface area contributed by atoms with Crippen LogP contribution in [-0.4, -0.2) is 21.4 Å². The van der Waals surface area contributed by atoms with E-state index in [2.05, 4.69) is 36.4 Å². The SMILES string of the molecule is Cc1ccccc1CSCC(=O)Nc1c(C)cnn1[C@H](C)C1CC1. The summed E-state index contributed by atoms with van der Waals surface area (Å²) in [5, 5.41) is 7.53. The van der Waals surface area contributed by atoms with Crippen LogP contribution in [0.15, 0.2) is 30.5 Å². The highest BCUT2D eigenvalue weighted by Crippen LogP contribution is 2.40. The first kappa shape index (κ1) is 17.1. The number of carbonyl (C=O) groups excluding carboxylic acids is 1. The van der Waals surface area contributed by atoms with Gasteiger partial charge in [0.25, 0.3) is 0 Å². The third kappa shape index (κ3) is 4.01. The van der Waals surface area contributed by atoms with Crippen LogP contribution in [0.2, 0.25) is 0 Å². The number of hydrogen-bond donors (Lipinski definition) is 1. The lowest BCUT2D eigenvalue weighted by Gasteiger charge is -2.16. The number of anilines is 1. The minimum Gasteiger partial charge on any atom is -0.310 e. The lowest BCUT2D eigenvalue weighted by Crippen LogP contribution is -2.20. The Morgan fingerprint density at radius 3 is 2.79 bits per heavy atom. The summed E-state index contributed by atoms with van der Waals surface area (Å²) in [5.74, 6) is 2.92. The normalized spacial score (nSPS) is 15.3. The quantitative estimate of drug-likeness (QED) is 0.813. The molecule has 1 N–H and O–H groups in total. The van der Waals surface area contributed by atoms with Gasteiger partial charge in [0.15, 0.2) is 0 Å². The molecule has 1 atom stereocenters. The van der Waals surface area contributed by atoms with Gasteiger partial charge in [-0.2, -0.15) is 5.10 Å². The lowest BCUT2D eigenvalue weighted by molar-refractivity contribution is -0.113. The zero-order chi connectivity index (χ0) is 17.1. The van der Waals surface area contributed by atoms with Gasteiger partial charge < -0.3 is 5.32 Å². The van der Waals surface area contributed by atoms with Gasteiger partial charge in [-0.1, -0.05) is 24.3 Å².